The Hall–Kier alpha value is -2.86. The molecule has 2 amide bonds. The van der Waals surface area contributed by atoms with Crippen molar-refractivity contribution in [3.05, 3.63) is 54.6 Å². The highest BCUT2D eigenvalue weighted by Gasteiger charge is 2.19. The number of carboxylic acid groups (broad SMARTS) is 1. The number of benzene rings is 2. The number of nitrogens with one attached hydrogen (secondary N) is 2. The molecule has 0 unspecified atom stereocenters. The number of amides is 2. The van der Waals surface area contributed by atoms with E-state index in [1.165, 1.54) is 0 Å². The number of rotatable bonds is 8. The van der Waals surface area contributed by atoms with Crippen LogP contribution in [0.5, 0.6) is 0 Å². The molecule has 0 aliphatic heterocycles. The maximum absolute atomic E-state index is 12.0. The van der Waals surface area contributed by atoms with Crippen molar-refractivity contribution in [1.82, 2.24) is 5.32 Å². The number of unbranched alkanes of at least 4 members (excludes halogenated alkanes) is 1. The number of hydrogen-bond donors (Lipinski definition) is 4. The van der Waals surface area contributed by atoms with Gasteiger partial charge < -0.3 is 21.5 Å². The first-order valence-electron chi connectivity index (χ1n) is 8.26. The molecule has 2 aromatic rings. The summed E-state index contributed by atoms with van der Waals surface area (Å²) in [5, 5.41) is 14.3. The van der Waals surface area contributed by atoms with Gasteiger partial charge in [0.2, 0.25) is 0 Å². The van der Waals surface area contributed by atoms with Crippen LogP contribution >= 0.6 is 0 Å². The topological polar surface area (TPSA) is 104 Å². The first kappa shape index (κ1) is 18.5. The van der Waals surface area contributed by atoms with Gasteiger partial charge in [0.1, 0.15) is 6.04 Å². The van der Waals surface area contributed by atoms with E-state index in [0.29, 0.717) is 25.1 Å². The molecule has 0 heterocycles. The predicted octanol–water partition coefficient (Wildman–Crippen LogP) is 3.06. The number of carboxylic acids is 1. The van der Waals surface area contributed by atoms with Crippen LogP contribution in [0.3, 0.4) is 0 Å². The average molecular weight is 341 g/mol. The van der Waals surface area contributed by atoms with Crippen LogP contribution in [0.25, 0.3) is 11.1 Å². The van der Waals surface area contributed by atoms with Gasteiger partial charge in [-0.3, -0.25) is 0 Å². The van der Waals surface area contributed by atoms with Crippen molar-refractivity contribution >= 4 is 17.7 Å². The van der Waals surface area contributed by atoms with Gasteiger partial charge >= 0.3 is 12.0 Å². The normalized spacial score (nSPS) is 11.6. The Labute approximate surface area is 147 Å². The van der Waals surface area contributed by atoms with E-state index in [2.05, 4.69) is 10.6 Å². The van der Waals surface area contributed by atoms with Gasteiger partial charge in [-0.15, -0.1) is 0 Å². The molecule has 132 valence electrons. The van der Waals surface area contributed by atoms with E-state index < -0.39 is 18.0 Å². The highest BCUT2D eigenvalue weighted by atomic mass is 16.4. The molecule has 0 radical (unpaired) electrons. The molecule has 0 saturated carbocycles. The number of carbonyl (C=O) groups excluding carboxylic acids is 1. The van der Waals surface area contributed by atoms with Gasteiger partial charge in [0.25, 0.3) is 0 Å². The minimum atomic E-state index is -1.05. The number of urea groups is 1. The lowest BCUT2D eigenvalue weighted by atomic mass is 10.1. The highest BCUT2D eigenvalue weighted by Crippen LogP contribution is 2.20. The Kier molecular flexibility index (Phi) is 6.98. The second-order valence-electron chi connectivity index (χ2n) is 5.72. The summed E-state index contributed by atoms with van der Waals surface area (Å²) in [4.78, 5) is 23.2. The summed E-state index contributed by atoms with van der Waals surface area (Å²) < 4.78 is 0. The minimum absolute atomic E-state index is 0.354. The summed E-state index contributed by atoms with van der Waals surface area (Å²) in [5.41, 5.74) is 8.13. The monoisotopic (exact) mass is 341 g/mol. The summed E-state index contributed by atoms with van der Waals surface area (Å²) >= 11 is 0. The summed E-state index contributed by atoms with van der Waals surface area (Å²) in [7, 11) is 0. The average Bonchev–Trinajstić information content (AvgIpc) is 2.62. The molecule has 0 aliphatic carbocycles. The van der Waals surface area contributed by atoms with Crippen LogP contribution in [0.15, 0.2) is 54.6 Å². The first-order chi connectivity index (χ1) is 12.1. The predicted molar refractivity (Wildman–Crippen MR) is 98.4 cm³/mol. The van der Waals surface area contributed by atoms with Crippen LogP contribution < -0.4 is 16.4 Å². The maximum atomic E-state index is 12.0. The fourth-order valence-electron chi connectivity index (χ4n) is 2.45. The number of anilines is 1. The van der Waals surface area contributed by atoms with Crippen LogP contribution in [0.4, 0.5) is 10.5 Å². The molecule has 1 atom stereocenters. The zero-order valence-corrected chi connectivity index (χ0v) is 13.9. The summed E-state index contributed by atoms with van der Waals surface area (Å²) in [6, 6.07) is 15.8. The van der Waals surface area contributed by atoms with Gasteiger partial charge in [0, 0.05) is 5.69 Å². The molecule has 0 fully saturated rings. The Morgan fingerprint density at radius 2 is 1.60 bits per heavy atom. The largest absolute Gasteiger partial charge is 0.480 e. The van der Waals surface area contributed by atoms with Crippen molar-refractivity contribution in [2.24, 2.45) is 5.73 Å². The Bertz CT molecular complexity index is 687. The van der Waals surface area contributed by atoms with E-state index in [1.807, 2.05) is 42.5 Å². The molecule has 25 heavy (non-hydrogen) atoms. The Morgan fingerprint density at radius 1 is 0.960 bits per heavy atom. The van der Waals surface area contributed by atoms with Crippen molar-refractivity contribution in [1.29, 1.82) is 0 Å². The van der Waals surface area contributed by atoms with Gasteiger partial charge in [-0.2, -0.15) is 0 Å². The lowest BCUT2D eigenvalue weighted by Crippen LogP contribution is -2.43. The van der Waals surface area contributed by atoms with E-state index in [-0.39, 0.29) is 0 Å². The molecule has 2 rings (SSSR count). The molecule has 5 N–H and O–H groups in total. The standard InChI is InChI=1S/C19H23N3O3/c20-13-5-4-8-17(18(23)24)22-19(25)21-16-11-9-15(10-12-16)14-6-2-1-3-7-14/h1-3,6-7,9-12,17H,4-5,8,13,20H2,(H,23,24)(H2,21,22,25)/t17-/m1/s1. The smallest absolute Gasteiger partial charge is 0.326 e. The molecule has 0 saturated heterocycles. The summed E-state index contributed by atoms with van der Waals surface area (Å²) in [6.45, 7) is 0.506. The third-order valence-electron chi connectivity index (χ3n) is 3.80. The van der Waals surface area contributed by atoms with Crippen molar-refractivity contribution in [3.8, 4) is 11.1 Å². The van der Waals surface area contributed by atoms with Gasteiger partial charge in [-0.05, 0) is 49.1 Å². The van der Waals surface area contributed by atoms with E-state index in [9.17, 15) is 14.7 Å². The second-order valence-corrected chi connectivity index (χ2v) is 5.72. The molecule has 6 heteroatoms. The lowest BCUT2D eigenvalue weighted by molar-refractivity contribution is -0.139. The zero-order valence-electron chi connectivity index (χ0n) is 13.9. The molecule has 6 nitrogen and oxygen atoms in total. The van der Waals surface area contributed by atoms with Crippen molar-refractivity contribution in [2.75, 3.05) is 11.9 Å². The van der Waals surface area contributed by atoms with Crippen molar-refractivity contribution < 1.29 is 14.7 Å². The van der Waals surface area contributed by atoms with Crippen LogP contribution in [0.2, 0.25) is 0 Å². The fourth-order valence-corrected chi connectivity index (χ4v) is 2.45. The molecular weight excluding hydrogens is 318 g/mol. The quantitative estimate of drug-likeness (QED) is 0.554. The number of hydrogen-bond acceptors (Lipinski definition) is 3. The van der Waals surface area contributed by atoms with Crippen LogP contribution in [-0.2, 0) is 4.79 Å². The summed E-state index contributed by atoms with van der Waals surface area (Å²) in [5.74, 6) is -1.05. The summed E-state index contributed by atoms with van der Waals surface area (Å²) in [6.07, 6.45) is 1.74. The molecule has 2 aromatic carbocycles. The maximum Gasteiger partial charge on any atom is 0.326 e. The fraction of sp³-hybridized carbons (Fsp3) is 0.263. The zero-order chi connectivity index (χ0) is 18.1. The number of carbonyl (C=O) groups is 2. The van der Waals surface area contributed by atoms with Crippen molar-refractivity contribution in [3.63, 3.8) is 0 Å². The number of aliphatic carboxylic acids is 1. The highest BCUT2D eigenvalue weighted by molar-refractivity contribution is 5.92. The van der Waals surface area contributed by atoms with Crippen LogP contribution in [-0.4, -0.2) is 29.7 Å². The van der Waals surface area contributed by atoms with Gasteiger partial charge in [-0.25, -0.2) is 9.59 Å². The van der Waals surface area contributed by atoms with Crippen molar-refractivity contribution in [2.45, 2.75) is 25.3 Å². The third-order valence-corrected chi connectivity index (χ3v) is 3.80. The Balaban J connectivity index is 1.92. The molecular formula is C19H23N3O3. The van der Waals surface area contributed by atoms with Gasteiger partial charge in [-0.1, -0.05) is 42.5 Å². The Morgan fingerprint density at radius 3 is 2.20 bits per heavy atom. The minimum Gasteiger partial charge on any atom is -0.480 e. The van der Waals surface area contributed by atoms with E-state index in [0.717, 1.165) is 17.5 Å². The molecule has 0 spiro atoms. The second kappa shape index (κ2) is 9.44. The first-order valence-corrected chi connectivity index (χ1v) is 8.26. The molecule has 0 bridgehead atoms. The SMILES string of the molecule is NCCCC[C@@H](NC(=O)Nc1ccc(-c2ccccc2)cc1)C(=O)O. The lowest BCUT2D eigenvalue weighted by Gasteiger charge is -2.15. The number of nitrogens with two attached hydrogens (primary N) is 1. The van der Waals surface area contributed by atoms with E-state index in [4.69, 9.17) is 5.73 Å². The van der Waals surface area contributed by atoms with E-state index >= 15 is 0 Å². The van der Waals surface area contributed by atoms with E-state index in [1.54, 1.807) is 12.1 Å². The van der Waals surface area contributed by atoms with Gasteiger partial charge in [0.15, 0.2) is 0 Å². The van der Waals surface area contributed by atoms with Crippen LogP contribution in [0, 0.1) is 0 Å². The molecule has 0 aliphatic rings. The molecule has 0 aromatic heterocycles. The van der Waals surface area contributed by atoms with Gasteiger partial charge in [0.05, 0.1) is 0 Å². The third kappa shape index (κ3) is 5.93. The van der Waals surface area contributed by atoms with Crippen LogP contribution in [0.1, 0.15) is 19.3 Å².